The molecule has 134 valence electrons. The first kappa shape index (κ1) is 16.7. The lowest BCUT2D eigenvalue weighted by atomic mass is 9.94. The lowest BCUT2D eigenvalue weighted by molar-refractivity contribution is -0.0553. The van der Waals surface area contributed by atoms with Crippen LogP contribution in [0, 0.1) is 0 Å². The molecule has 3 heterocycles. The van der Waals surface area contributed by atoms with E-state index in [1.54, 1.807) is 24.5 Å². The number of aromatic hydroxyl groups is 1. The smallest absolute Gasteiger partial charge is 0.158 e. The van der Waals surface area contributed by atoms with Crippen molar-refractivity contribution in [1.82, 2.24) is 15.2 Å². The van der Waals surface area contributed by atoms with Crippen molar-refractivity contribution in [3.8, 4) is 17.0 Å². The van der Waals surface area contributed by atoms with Gasteiger partial charge in [-0.1, -0.05) is 12.1 Å². The van der Waals surface area contributed by atoms with Crippen molar-refractivity contribution in [2.24, 2.45) is 0 Å². The Labute approximate surface area is 152 Å². The second-order valence-electron chi connectivity index (χ2n) is 7.28. The summed E-state index contributed by atoms with van der Waals surface area (Å²) in [5, 5.41) is 24.3. The Morgan fingerprint density at radius 3 is 2.81 bits per heavy atom. The average Bonchev–Trinajstić information content (AvgIpc) is 2.62. The minimum atomic E-state index is -0.146. The predicted octanol–water partition coefficient (Wildman–Crippen LogP) is 3.77. The van der Waals surface area contributed by atoms with E-state index in [1.165, 1.54) is 0 Å². The topological polar surface area (TPSA) is 80.2 Å². The molecule has 4 rings (SSSR count). The van der Waals surface area contributed by atoms with Crippen molar-refractivity contribution >= 4 is 16.6 Å². The second kappa shape index (κ2) is 6.53. The number of benzene rings is 1. The average molecular weight is 350 g/mol. The molecule has 26 heavy (non-hydrogen) atoms. The van der Waals surface area contributed by atoms with Gasteiger partial charge in [-0.15, -0.1) is 10.2 Å². The summed E-state index contributed by atoms with van der Waals surface area (Å²) in [7, 11) is 0. The first-order valence-electron chi connectivity index (χ1n) is 8.83. The van der Waals surface area contributed by atoms with Gasteiger partial charge in [0.05, 0.1) is 5.60 Å². The van der Waals surface area contributed by atoms with Crippen LogP contribution in [0.5, 0.6) is 5.75 Å². The van der Waals surface area contributed by atoms with Crippen LogP contribution in [0.1, 0.15) is 26.7 Å². The number of hydrogen-bond acceptors (Lipinski definition) is 6. The van der Waals surface area contributed by atoms with E-state index in [4.69, 9.17) is 4.74 Å². The highest BCUT2D eigenvalue weighted by molar-refractivity contribution is 6.00. The molecule has 0 bridgehead atoms. The molecule has 1 aliphatic rings. The molecule has 0 saturated carbocycles. The number of ether oxygens (including phenoxy) is 1. The molecular weight excluding hydrogens is 328 g/mol. The number of phenolic OH excluding ortho intramolecular Hbond substituents is 1. The Hall–Kier alpha value is -2.73. The van der Waals surface area contributed by atoms with Gasteiger partial charge in [0.2, 0.25) is 0 Å². The molecule has 3 aromatic rings. The summed E-state index contributed by atoms with van der Waals surface area (Å²) in [5.74, 6) is 0.904. The molecule has 1 aliphatic heterocycles. The summed E-state index contributed by atoms with van der Waals surface area (Å²) >= 11 is 0. The molecule has 0 amide bonds. The van der Waals surface area contributed by atoms with Crippen LogP contribution in [0.2, 0.25) is 0 Å². The molecular formula is C20H22N4O2. The van der Waals surface area contributed by atoms with Gasteiger partial charge in [-0.2, -0.15) is 0 Å². The number of hydrogen-bond donors (Lipinski definition) is 2. The Balaban J connectivity index is 1.74. The number of rotatable bonds is 3. The largest absolute Gasteiger partial charge is 0.507 e. The SMILES string of the molecule is CC1(C)CC(Nc2nnc(-c3ccccc3O)c3ccncc23)CCO1. The van der Waals surface area contributed by atoms with Crippen LogP contribution in [0.4, 0.5) is 5.82 Å². The van der Waals surface area contributed by atoms with Gasteiger partial charge < -0.3 is 15.2 Å². The van der Waals surface area contributed by atoms with E-state index in [0.29, 0.717) is 11.3 Å². The third kappa shape index (κ3) is 3.20. The van der Waals surface area contributed by atoms with E-state index in [-0.39, 0.29) is 17.4 Å². The van der Waals surface area contributed by atoms with E-state index >= 15 is 0 Å². The maximum atomic E-state index is 10.2. The fraction of sp³-hybridized carbons (Fsp3) is 0.350. The van der Waals surface area contributed by atoms with Crippen LogP contribution in [-0.2, 0) is 4.74 Å². The number of nitrogens with zero attached hydrogens (tertiary/aromatic N) is 3. The molecule has 1 atom stereocenters. The quantitative estimate of drug-likeness (QED) is 0.748. The van der Waals surface area contributed by atoms with Crippen molar-refractivity contribution in [3.63, 3.8) is 0 Å². The number of para-hydroxylation sites is 1. The van der Waals surface area contributed by atoms with E-state index in [2.05, 4.69) is 34.3 Å². The first-order chi connectivity index (χ1) is 12.5. The maximum Gasteiger partial charge on any atom is 0.158 e. The number of anilines is 1. The fourth-order valence-electron chi connectivity index (χ4n) is 3.53. The van der Waals surface area contributed by atoms with E-state index in [9.17, 15) is 5.11 Å². The standard InChI is InChI=1S/C20H22N4O2/c1-20(2)11-13(8-10-26-20)22-19-16-12-21-9-7-14(16)18(23-24-19)15-5-3-4-6-17(15)25/h3-7,9,12-13,25H,8,10-11H2,1-2H3,(H,22,24). The van der Waals surface area contributed by atoms with E-state index in [0.717, 1.165) is 36.0 Å². The second-order valence-corrected chi connectivity index (χ2v) is 7.28. The van der Waals surface area contributed by atoms with Crippen LogP contribution >= 0.6 is 0 Å². The predicted molar refractivity (Wildman–Crippen MR) is 101 cm³/mol. The molecule has 0 radical (unpaired) electrons. The molecule has 1 saturated heterocycles. The zero-order valence-corrected chi connectivity index (χ0v) is 14.9. The molecule has 1 aromatic carbocycles. The van der Waals surface area contributed by atoms with Crippen molar-refractivity contribution in [3.05, 3.63) is 42.7 Å². The van der Waals surface area contributed by atoms with Gasteiger partial charge >= 0.3 is 0 Å². The van der Waals surface area contributed by atoms with Crippen LogP contribution < -0.4 is 5.32 Å². The van der Waals surface area contributed by atoms with E-state index < -0.39 is 0 Å². The molecule has 0 spiro atoms. The maximum absolute atomic E-state index is 10.2. The number of fused-ring (bicyclic) bond motifs is 1. The van der Waals surface area contributed by atoms with Gasteiger partial charge in [-0.25, -0.2) is 0 Å². The molecule has 6 nitrogen and oxygen atoms in total. The van der Waals surface area contributed by atoms with Crippen LogP contribution in [0.3, 0.4) is 0 Å². The number of aromatic nitrogens is 3. The Morgan fingerprint density at radius 1 is 1.15 bits per heavy atom. The highest BCUT2D eigenvalue weighted by Crippen LogP contribution is 2.34. The molecule has 1 unspecified atom stereocenters. The molecule has 1 fully saturated rings. The summed E-state index contributed by atoms with van der Waals surface area (Å²) in [6, 6.07) is 9.34. The minimum Gasteiger partial charge on any atom is -0.507 e. The summed E-state index contributed by atoms with van der Waals surface area (Å²) in [6.07, 6.45) is 5.35. The van der Waals surface area contributed by atoms with Crippen LogP contribution in [0.25, 0.3) is 22.0 Å². The number of phenols is 1. The van der Waals surface area contributed by atoms with E-state index in [1.807, 2.05) is 18.2 Å². The third-order valence-corrected chi connectivity index (χ3v) is 4.78. The third-order valence-electron chi connectivity index (χ3n) is 4.78. The van der Waals surface area contributed by atoms with Crippen LogP contribution in [-0.4, -0.2) is 38.5 Å². The lowest BCUT2D eigenvalue weighted by Gasteiger charge is -2.36. The first-order valence-corrected chi connectivity index (χ1v) is 8.83. The summed E-state index contributed by atoms with van der Waals surface area (Å²) < 4.78 is 5.79. The highest BCUT2D eigenvalue weighted by Gasteiger charge is 2.29. The van der Waals surface area contributed by atoms with Crippen LogP contribution in [0.15, 0.2) is 42.7 Å². The zero-order chi connectivity index (χ0) is 18.1. The normalized spacial score (nSPS) is 19.4. The van der Waals surface area contributed by atoms with Gasteiger partial charge in [0.1, 0.15) is 11.4 Å². The van der Waals surface area contributed by atoms with Gasteiger partial charge in [0.25, 0.3) is 0 Å². The summed E-state index contributed by atoms with van der Waals surface area (Å²) in [4.78, 5) is 4.26. The van der Waals surface area contributed by atoms with Crippen molar-refractivity contribution in [2.75, 3.05) is 11.9 Å². The molecule has 2 N–H and O–H groups in total. The van der Waals surface area contributed by atoms with Gasteiger partial charge in [0, 0.05) is 41.4 Å². The highest BCUT2D eigenvalue weighted by atomic mass is 16.5. The Morgan fingerprint density at radius 2 is 2.00 bits per heavy atom. The zero-order valence-electron chi connectivity index (χ0n) is 14.9. The fourth-order valence-corrected chi connectivity index (χ4v) is 3.53. The Kier molecular flexibility index (Phi) is 4.20. The Bertz CT molecular complexity index is 942. The monoisotopic (exact) mass is 350 g/mol. The minimum absolute atomic E-state index is 0.146. The summed E-state index contributed by atoms with van der Waals surface area (Å²) in [5.41, 5.74) is 1.17. The van der Waals surface area contributed by atoms with Crippen molar-refractivity contribution in [1.29, 1.82) is 0 Å². The lowest BCUT2D eigenvalue weighted by Crippen LogP contribution is -2.40. The number of pyridine rings is 1. The van der Waals surface area contributed by atoms with Gasteiger partial charge in [-0.3, -0.25) is 4.98 Å². The van der Waals surface area contributed by atoms with Crippen molar-refractivity contribution in [2.45, 2.75) is 38.3 Å². The van der Waals surface area contributed by atoms with Gasteiger partial charge in [0.15, 0.2) is 5.82 Å². The molecule has 6 heteroatoms. The number of nitrogens with one attached hydrogen (secondary N) is 1. The van der Waals surface area contributed by atoms with Gasteiger partial charge in [-0.05, 0) is 44.9 Å². The van der Waals surface area contributed by atoms with Crippen molar-refractivity contribution < 1.29 is 9.84 Å². The molecule has 2 aromatic heterocycles. The summed E-state index contributed by atoms with van der Waals surface area (Å²) in [6.45, 7) is 4.94. The molecule has 0 aliphatic carbocycles.